The summed E-state index contributed by atoms with van der Waals surface area (Å²) in [6, 6.07) is 11.8. The van der Waals surface area contributed by atoms with Crippen LogP contribution in [0.25, 0.3) is 0 Å². The minimum absolute atomic E-state index is 1.18. The van der Waals surface area contributed by atoms with Crippen molar-refractivity contribution in [1.29, 1.82) is 0 Å². The van der Waals surface area contributed by atoms with Crippen molar-refractivity contribution in [2.45, 2.75) is 104 Å². The monoisotopic (exact) mass is 512 g/mol. The molecule has 0 aromatic heterocycles. The molecule has 0 radical (unpaired) electrons. The molecule has 0 bridgehead atoms. The summed E-state index contributed by atoms with van der Waals surface area (Å²) in [6.45, 7) is 34.8. The van der Waals surface area contributed by atoms with Crippen LogP contribution in [-0.4, -0.2) is 114 Å². The second-order valence-electron chi connectivity index (χ2n) is 11.2. The summed E-state index contributed by atoms with van der Waals surface area (Å²) < 4.78 is 0. The van der Waals surface area contributed by atoms with Crippen LogP contribution >= 0.6 is 0 Å². The van der Waals surface area contributed by atoms with Gasteiger partial charge in [-0.2, -0.15) is 0 Å². The van der Waals surface area contributed by atoms with Crippen LogP contribution in [0.4, 0.5) is 0 Å². The van der Waals surface area contributed by atoms with Crippen LogP contribution < -0.4 is 0 Å². The van der Waals surface area contributed by atoms with Gasteiger partial charge in [-0.3, -0.25) is 0 Å². The summed E-state index contributed by atoms with van der Waals surface area (Å²) in [5.74, 6) is 0. The molecule has 0 unspecified atom stereocenters. The Morgan fingerprint density at radius 3 is 0.706 bits per heavy atom. The van der Waals surface area contributed by atoms with E-state index in [1.807, 2.05) is 0 Å². The van der Waals surface area contributed by atoms with E-state index in [0.29, 0.717) is 0 Å². The molecule has 1 rings (SSSR count). The Balaban J connectivity index is 3.05. The molecule has 1 saturated heterocycles. The van der Waals surface area contributed by atoms with Gasteiger partial charge in [0.1, 0.15) is 0 Å². The molecule has 6 heteroatoms. The SMILES string of the molecule is CCN1CCN(CC)CC[Si](CC)(CC)CCN(CC)CCN(CC)CC[Si](CC)(CC)CC1. The molecule has 0 N–H and O–H groups in total. The van der Waals surface area contributed by atoms with Crippen molar-refractivity contribution < 1.29 is 0 Å². The Morgan fingerprint density at radius 2 is 0.559 bits per heavy atom. The topological polar surface area (TPSA) is 13.0 Å². The van der Waals surface area contributed by atoms with Gasteiger partial charge in [0.2, 0.25) is 0 Å². The first kappa shape index (κ1) is 32.3. The fraction of sp³-hybridized carbons (Fsp3) is 1.00. The molecule has 1 aliphatic heterocycles. The van der Waals surface area contributed by atoms with Crippen molar-refractivity contribution in [3.05, 3.63) is 0 Å². The van der Waals surface area contributed by atoms with E-state index in [2.05, 4.69) is 75.0 Å². The molecule has 1 fully saturated rings. The number of likely N-dealkylation sites (N-methyl/N-ethyl adjacent to an activating group) is 4. The lowest BCUT2D eigenvalue weighted by Crippen LogP contribution is -2.45. The maximum absolute atomic E-state index is 2.78. The minimum atomic E-state index is -1.18. The number of hydrogen-bond acceptors (Lipinski definition) is 4. The molecule has 0 aromatic carbocycles. The zero-order valence-electron chi connectivity index (χ0n) is 24.9. The van der Waals surface area contributed by atoms with Crippen molar-refractivity contribution >= 4 is 16.1 Å². The molecule has 0 aliphatic carbocycles. The predicted molar refractivity (Wildman–Crippen MR) is 161 cm³/mol. The number of hydrogen-bond donors (Lipinski definition) is 0. The Kier molecular flexibility index (Phi) is 16.8. The second kappa shape index (κ2) is 17.7. The van der Waals surface area contributed by atoms with Gasteiger partial charge in [-0.25, -0.2) is 0 Å². The van der Waals surface area contributed by atoms with E-state index in [1.165, 1.54) is 127 Å². The number of rotatable bonds is 8. The van der Waals surface area contributed by atoms with Crippen LogP contribution in [0, 0.1) is 0 Å². The van der Waals surface area contributed by atoms with Gasteiger partial charge in [0.15, 0.2) is 0 Å². The van der Waals surface area contributed by atoms with Crippen LogP contribution in [0.5, 0.6) is 0 Å². The van der Waals surface area contributed by atoms with Crippen molar-refractivity contribution in [2.24, 2.45) is 0 Å². The molecule has 0 atom stereocenters. The van der Waals surface area contributed by atoms with E-state index in [0.717, 1.165) is 0 Å². The largest absolute Gasteiger partial charge is 0.303 e. The second-order valence-corrected chi connectivity index (χ2v) is 22.0. The van der Waals surface area contributed by atoms with Crippen molar-refractivity contribution in [3.8, 4) is 0 Å². The summed E-state index contributed by atoms with van der Waals surface area (Å²) in [6.07, 6.45) is 0. The molecule has 0 amide bonds. The summed E-state index contributed by atoms with van der Waals surface area (Å²) >= 11 is 0. The first-order chi connectivity index (χ1) is 16.4. The van der Waals surface area contributed by atoms with E-state index in [9.17, 15) is 0 Å². The van der Waals surface area contributed by atoms with Crippen LogP contribution in [0.2, 0.25) is 48.4 Å². The van der Waals surface area contributed by atoms with Gasteiger partial charge in [0, 0.05) is 26.2 Å². The molecular formula is C28H64N4Si2. The first-order valence-corrected chi connectivity index (χ1v) is 20.9. The van der Waals surface area contributed by atoms with Gasteiger partial charge in [-0.05, 0) is 76.5 Å². The summed E-state index contributed by atoms with van der Waals surface area (Å²) in [5.41, 5.74) is 0. The van der Waals surface area contributed by atoms with Gasteiger partial charge in [-0.1, -0.05) is 79.6 Å². The molecule has 0 aromatic rings. The first-order valence-electron chi connectivity index (χ1n) is 15.3. The van der Waals surface area contributed by atoms with E-state index in [-0.39, 0.29) is 0 Å². The Labute approximate surface area is 217 Å². The molecule has 1 heterocycles. The quantitative estimate of drug-likeness (QED) is 0.356. The third-order valence-electron chi connectivity index (χ3n) is 10.1. The van der Waals surface area contributed by atoms with Gasteiger partial charge in [0.05, 0.1) is 16.1 Å². The van der Waals surface area contributed by atoms with Crippen LogP contribution in [0.1, 0.15) is 55.4 Å². The van der Waals surface area contributed by atoms with E-state index >= 15 is 0 Å². The average Bonchev–Trinajstić information content (AvgIpc) is 2.88. The molecule has 0 saturated carbocycles. The normalized spacial score (nSPS) is 24.0. The molecular weight excluding hydrogens is 449 g/mol. The molecule has 204 valence electrons. The third-order valence-corrected chi connectivity index (χ3v) is 21.2. The fourth-order valence-electron chi connectivity index (χ4n) is 6.02. The Hall–Kier alpha value is 0.274. The average molecular weight is 513 g/mol. The fourth-order valence-corrected chi connectivity index (χ4v) is 13.5. The number of nitrogens with zero attached hydrogens (tertiary/aromatic N) is 4. The zero-order chi connectivity index (χ0) is 25.5. The molecule has 34 heavy (non-hydrogen) atoms. The zero-order valence-corrected chi connectivity index (χ0v) is 26.9. The van der Waals surface area contributed by atoms with E-state index < -0.39 is 16.1 Å². The van der Waals surface area contributed by atoms with Crippen LogP contribution in [-0.2, 0) is 0 Å². The van der Waals surface area contributed by atoms with Crippen molar-refractivity contribution in [3.63, 3.8) is 0 Å². The predicted octanol–water partition coefficient (Wildman–Crippen LogP) is 6.26. The lowest BCUT2D eigenvalue weighted by atomic mass is 10.4. The van der Waals surface area contributed by atoms with E-state index in [1.54, 1.807) is 0 Å². The summed E-state index contributed by atoms with van der Waals surface area (Å²) in [4.78, 5) is 11.1. The van der Waals surface area contributed by atoms with Gasteiger partial charge >= 0.3 is 0 Å². The highest BCUT2D eigenvalue weighted by atomic mass is 28.3. The highest BCUT2D eigenvalue weighted by Crippen LogP contribution is 2.28. The maximum atomic E-state index is 2.78. The summed E-state index contributed by atoms with van der Waals surface area (Å²) in [5, 5.41) is 0. The van der Waals surface area contributed by atoms with Crippen molar-refractivity contribution in [1.82, 2.24) is 19.6 Å². The third kappa shape index (κ3) is 10.7. The van der Waals surface area contributed by atoms with E-state index in [4.69, 9.17) is 0 Å². The van der Waals surface area contributed by atoms with Crippen molar-refractivity contribution in [2.75, 3.05) is 78.5 Å². The standard InChI is InChI=1S/C28H64N4Si2/c1-9-29-17-18-30(10-2)22-27-34(15-7,16-8)28-24-32(12-4)20-19-31(11-3)23-26-33(13-5,14-6)25-21-29/h9-28H2,1-8H3. The molecule has 0 spiro atoms. The lowest BCUT2D eigenvalue weighted by molar-refractivity contribution is 0.221. The van der Waals surface area contributed by atoms with Crippen LogP contribution in [0.15, 0.2) is 0 Å². The van der Waals surface area contributed by atoms with Gasteiger partial charge < -0.3 is 19.6 Å². The molecule has 1 aliphatic rings. The highest BCUT2D eigenvalue weighted by molar-refractivity contribution is 6.80. The van der Waals surface area contributed by atoms with Gasteiger partial charge in [-0.15, -0.1) is 0 Å². The smallest absolute Gasteiger partial charge is 0.0555 e. The maximum Gasteiger partial charge on any atom is 0.0555 e. The molecule has 4 nitrogen and oxygen atoms in total. The van der Waals surface area contributed by atoms with Gasteiger partial charge in [0.25, 0.3) is 0 Å². The lowest BCUT2D eigenvalue weighted by Gasteiger charge is -2.37. The minimum Gasteiger partial charge on any atom is -0.303 e. The van der Waals surface area contributed by atoms with Crippen LogP contribution in [0.3, 0.4) is 0 Å². The Bertz CT molecular complexity index is 417. The Morgan fingerprint density at radius 1 is 0.353 bits per heavy atom. The highest BCUT2D eigenvalue weighted by Gasteiger charge is 2.31. The summed E-state index contributed by atoms with van der Waals surface area (Å²) in [7, 11) is -2.35.